The molecule has 0 amide bonds. The number of hydrogen-bond donors (Lipinski definition) is 0. The van der Waals surface area contributed by atoms with Gasteiger partial charge in [-0.25, -0.2) is 0 Å². The van der Waals surface area contributed by atoms with Crippen molar-refractivity contribution in [2.45, 2.75) is 49.7 Å². The van der Waals surface area contributed by atoms with E-state index in [1.165, 1.54) is 19.3 Å². The number of aryl methyl sites for hydroxylation is 1. The lowest BCUT2D eigenvalue weighted by Gasteiger charge is -2.21. The predicted molar refractivity (Wildman–Crippen MR) is 88.9 cm³/mol. The first-order valence-electron chi connectivity index (χ1n) is 7.88. The maximum absolute atomic E-state index is 6.23. The van der Waals surface area contributed by atoms with E-state index in [-0.39, 0.29) is 0 Å². The molecule has 0 atom stereocenters. The van der Waals surface area contributed by atoms with Crippen molar-refractivity contribution < 1.29 is 9.47 Å². The van der Waals surface area contributed by atoms with E-state index in [0.717, 1.165) is 46.6 Å². The number of fused-ring (bicyclic) bond motifs is 2. The third-order valence-electron chi connectivity index (χ3n) is 4.18. The number of ether oxygens (including phenoxy) is 2. The van der Waals surface area contributed by atoms with E-state index < -0.39 is 0 Å². The van der Waals surface area contributed by atoms with Gasteiger partial charge in [0.15, 0.2) is 11.9 Å². The van der Waals surface area contributed by atoms with Crippen molar-refractivity contribution in [3.63, 3.8) is 0 Å². The maximum atomic E-state index is 6.23. The summed E-state index contributed by atoms with van der Waals surface area (Å²) in [5.74, 6) is 2.78. The van der Waals surface area contributed by atoms with Crippen LogP contribution in [0.1, 0.15) is 36.2 Å². The summed E-state index contributed by atoms with van der Waals surface area (Å²) in [6, 6.07) is 3.88. The van der Waals surface area contributed by atoms with Crippen LogP contribution in [0.25, 0.3) is 0 Å². The van der Waals surface area contributed by atoms with E-state index >= 15 is 0 Å². The summed E-state index contributed by atoms with van der Waals surface area (Å²) >= 11 is 7.92. The van der Waals surface area contributed by atoms with Crippen molar-refractivity contribution in [2.24, 2.45) is 0 Å². The van der Waals surface area contributed by atoms with Crippen LogP contribution in [-0.4, -0.2) is 21.6 Å². The molecule has 2 aromatic rings. The number of thioether (sulfide) groups is 1. The van der Waals surface area contributed by atoms with Gasteiger partial charge in [0.25, 0.3) is 0 Å². The summed E-state index contributed by atoms with van der Waals surface area (Å²) in [5, 5.41) is 10.4. The van der Waals surface area contributed by atoms with Gasteiger partial charge < -0.3 is 14.0 Å². The Bertz CT molecular complexity index is 720. The van der Waals surface area contributed by atoms with Crippen LogP contribution in [0.3, 0.4) is 0 Å². The van der Waals surface area contributed by atoms with Crippen LogP contribution in [-0.2, 0) is 30.1 Å². The Hall–Kier alpha value is -1.24. The average Bonchev–Trinajstić information content (AvgIpc) is 2.79. The molecular formula is C16H18ClN3O2S. The predicted octanol–water partition coefficient (Wildman–Crippen LogP) is 3.82. The molecule has 7 heteroatoms. The molecular weight excluding hydrogens is 334 g/mol. The van der Waals surface area contributed by atoms with Gasteiger partial charge in [0.2, 0.25) is 0 Å². The lowest BCUT2D eigenvalue weighted by atomic mass is 10.1. The molecule has 2 aliphatic rings. The molecule has 0 unspecified atom stereocenters. The number of rotatable bonds is 3. The van der Waals surface area contributed by atoms with Crippen LogP contribution in [0.15, 0.2) is 17.3 Å². The van der Waals surface area contributed by atoms with Crippen LogP contribution < -0.4 is 4.74 Å². The Morgan fingerprint density at radius 1 is 1.22 bits per heavy atom. The number of aromatic nitrogens is 3. The molecule has 0 N–H and O–H groups in total. The second kappa shape index (κ2) is 6.71. The SMILES string of the molecule is Clc1cc2c(c(CSc3nnc4n3CCCCC4)c1)OCOC2. The van der Waals surface area contributed by atoms with Crippen molar-refractivity contribution >= 4 is 23.4 Å². The minimum Gasteiger partial charge on any atom is -0.467 e. The van der Waals surface area contributed by atoms with Crippen molar-refractivity contribution in [3.8, 4) is 5.75 Å². The Morgan fingerprint density at radius 3 is 3.13 bits per heavy atom. The van der Waals surface area contributed by atoms with Crippen LogP contribution in [0.4, 0.5) is 0 Å². The summed E-state index contributed by atoms with van der Waals surface area (Å²) in [6.45, 7) is 1.86. The third kappa shape index (κ3) is 3.20. The summed E-state index contributed by atoms with van der Waals surface area (Å²) < 4.78 is 13.3. The Morgan fingerprint density at radius 2 is 2.17 bits per heavy atom. The summed E-state index contributed by atoms with van der Waals surface area (Å²) in [7, 11) is 0. The third-order valence-corrected chi connectivity index (χ3v) is 5.42. The monoisotopic (exact) mass is 351 g/mol. The van der Waals surface area contributed by atoms with Crippen molar-refractivity contribution in [1.29, 1.82) is 0 Å². The molecule has 23 heavy (non-hydrogen) atoms. The minimum absolute atomic E-state index is 0.298. The molecule has 5 nitrogen and oxygen atoms in total. The molecule has 4 rings (SSSR count). The highest BCUT2D eigenvalue weighted by atomic mass is 35.5. The van der Waals surface area contributed by atoms with E-state index in [1.54, 1.807) is 11.8 Å². The smallest absolute Gasteiger partial charge is 0.191 e. The van der Waals surface area contributed by atoms with E-state index in [1.807, 2.05) is 12.1 Å². The standard InChI is InChI=1S/C16H18ClN3O2S/c17-13-6-11-8-21-10-22-15(11)12(7-13)9-23-16-19-18-14-4-2-1-3-5-20(14)16/h6-7H,1-5,8-10H2. The van der Waals surface area contributed by atoms with Crippen LogP contribution in [0, 0.1) is 0 Å². The topological polar surface area (TPSA) is 49.2 Å². The first-order chi connectivity index (χ1) is 11.3. The molecule has 0 saturated carbocycles. The van der Waals surface area contributed by atoms with Gasteiger partial charge in [-0.05, 0) is 25.0 Å². The first kappa shape index (κ1) is 15.3. The minimum atomic E-state index is 0.298. The van der Waals surface area contributed by atoms with Gasteiger partial charge in [0.1, 0.15) is 11.6 Å². The second-order valence-corrected chi connectivity index (χ2v) is 7.19. The first-order valence-corrected chi connectivity index (χ1v) is 9.24. The fraction of sp³-hybridized carbons (Fsp3) is 0.500. The van der Waals surface area contributed by atoms with E-state index in [2.05, 4.69) is 14.8 Å². The van der Waals surface area contributed by atoms with Gasteiger partial charge >= 0.3 is 0 Å². The highest BCUT2D eigenvalue weighted by molar-refractivity contribution is 7.98. The number of benzene rings is 1. The van der Waals surface area contributed by atoms with Crippen molar-refractivity contribution in [1.82, 2.24) is 14.8 Å². The highest BCUT2D eigenvalue weighted by Crippen LogP contribution is 2.35. The van der Waals surface area contributed by atoms with E-state index in [4.69, 9.17) is 21.1 Å². The zero-order chi connectivity index (χ0) is 15.6. The molecule has 0 saturated heterocycles. The Kier molecular flexibility index (Phi) is 4.46. The fourth-order valence-electron chi connectivity index (χ4n) is 3.07. The molecule has 1 aromatic heterocycles. The van der Waals surface area contributed by atoms with Gasteiger partial charge in [0.05, 0.1) is 6.61 Å². The number of hydrogen-bond acceptors (Lipinski definition) is 5. The van der Waals surface area contributed by atoms with Crippen molar-refractivity contribution in [2.75, 3.05) is 6.79 Å². The second-order valence-electron chi connectivity index (χ2n) is 5.81. The quantitative estimate of drug-likeness (QED) is 0.787. The zero-order valence-corrected chi connectivity index (χ0v) is 14.3. The molecule has 0 fully saturated rings. The molecule has 3 heterocycles. The molecule has 0 bridgehead atoms. The highest BCUT2D eigenvalue weighted by Gasteiger charge is 2.19. The van der Waals surface area contributed by atoms with Gasteiger partial charge in [-0.3, -0.25) is 0 Å². The van der Waals surface area contributed by atoms with Gasteiger partial charge in [0, 0.05) is 34.9 Å². The summed E-state index contributed by atoms with van der Waals surface area (Å²) in [5.41, 5.74) is 2.10. The zero-order valence-electron chi connectivity index (χ0n) is 12.8. The largest absolute Gasteiger partial charge is 0.467 e. The van der Waals surface area contributed by atoms with Gasteiger partial charge in [-0.2, -0.15) is 0 Å². The van der Waals surface area contributed by atoms with Gasteiger partial charge in [-0.15, -0.1) is 10.2 Å². The van der Waals surface area contributed by atoms with Crippen LogP contribution in [0.5, 0.6) is 5.75 Å². The summed E-state index contributed by atoms with van der Waals surface area (Å²) in [6.07, 6.45) is 4.70. The molecule has 0 radical (unpaired) electrons. The molecule has 1 aromatic carbocycles. The average molecular weight is 352 g/mol. The Balaban J connectivity index is 1.56. The van der Waals surface area contributed by atoms with Crippen molar-refractivity contribution in [3.05, 3.63) is 34.1 Å². The number of nitrogens with zero attached hydrogens (tertiary/aromatic N) is 3. The summed E-state index contributed by atoms with van der Waals surface area (Å²) in [4.78, 5) is 0. The maximum Gasteiger partial charge on any atom is 0.191 e. The van der Waals surface area contributed by atoms with Crippen LogP contribution in [0.2, 0.25) is 5.02 Å². The number of halogens is 1. The Labute approximate surface area is 144 Å². The molecule has 2 aliphatic heterocycles. The van der Waals surface area contributed by atoms with Crippen LogP contribution >= 0.6 is 23.4 Å². The normalized spacial score (nSPS) is 17.1. The molecule has 0 aliphatic carbocycles. The fourth-order valence-corrected chi connectivity index (χ4v) is 4.28. The van der Waals surface area contributed by atoms with E-state index in [9.17, 15) is 0 Å². The molecule has 0 spiro atoms. The lowest BCUT2D eigenvalue weighted by molar-refractivity contribution is -0.0168. The van der Waals surface area contributed by atoms with Gasteiger partial charge in [-0.1, -0.05) is 29.8 Å². The lowest BCUT2D eigenvalue weighted by Crippen LogP contribution is -2.13. The van der Waals surface area contributed by atoms with E-state index in [0.29, 0.717) is 18.4 Å². The molecule has 122 valence electrons.